The van der Waals surface area contributed by atoms with Gasteiger partial charge in [-0.1, -0.05) is 0 Å². The van der Waals surface area contributed by atoms with Gasteiger partial charge >= 0.3 is 0 Å². The van der Waals surface area contributed by atoms with Crippen LogP contribution in [0.3, 0.4) is 0 Å². The van der Waals surface area contributed by atoms with Crippen molar-refractivity contribution >= 4 is 10.0 Å². The van der Waals surface area contributed by atoms with Crippen LogP contribution in [-0.2, 0) is 10.0 Å². The first-order valence-corrected chi connectivity index (χ1v) is 8.50. The second kappa shape index (κ2) is 6.07. The van der Waals surface area contributed by atoms with Gasteiger partial charge in [-0.05, 0) is 38.3 Å². The quantitative estimate of drug-likeness (QED) is 0.893. The molecule has 1 saturated heterocycles. The van der Waals surface area contributed by atoms with Gasteiger partial charge in [0.15, 0.2) is 0 Å². The third-order valence-electron chi connectivity index (χ3n) is 3.81. The van der Waals surface area contributed by atoms with Crippen molar-refractivity contribution in [2.45, 2.75) is 25.3 Å². The standard InChI is InChI=1S/C13H22N2O3S/c1-14-13(12-5-7-18-10-12)8-11-4-3-6-15(9-11)19(2,16)17/h5,7,10-11,13-14H,3-4,6,8-9H2,1-2H3. The van der Waals surface area contributed by atoms with Crippen LogP contribution in [0.25, 0.3) is 0 Å². The molecule has 0 aromatic carbocycles. The second-order valence-electron chi connectivity index (χ2n) is 5.26. The SMILES string of the molecule is CNC(CC1CCCN(S(C)(=O)=O)C1)c1ccoc1. The van der Waals surface area contributed by atoms with Crippen molar-refractivity contribution in [2.75, 3.05) is 26.4 Å². The maximum Gasteiger partial charge on any atom is 0.211 e. The van der Waals surface area contributed by atoms with Crippen LogP contribution in [0, 0.1) is 5.92 Å². The largest absolute Gasteiger partial charge is 0.472 e. The summed E-state index contributed by atoms with van der Waals surface area (Å²) in [6.45, 7) is 1.29. The van der Waals surface area contributed by atoms with Crippen molar-refractivity contribution in [1.29, 1.82) is 0 Å². The lowest BCUT2D eigenvalue weighted by Crippen LogP contribution is -2.40. The molecule has 6 heteroatoms. The number of hydrogen-bond acceptors (Lipinski definition) is 4. The smallest absolute Gasteiger partial charge is 0.211 e. The van der Waals surface area contributed by atoms with Crippen LogP contribution < -0.4 is 5.32 Å². The fourth-order valence-corrected chi connectivity index (χ4v) is 3.69. The summed E-state index contributed by atoms with van der Waals surface area (Å²) in [6, 6.07) is 2.18. The molecule has 1 aromatic heterocycles. The summed E-state index contributed by atoms with van der Waals surface area (Å²) in [5.41, 5.74) is 1.12. The average molecular weight is 286 g/mol. The molecule has 1 aliphatic heterocycles. The Bertz CT molecular complexity index is 484. The highest BCUT2D eigenvalue weighted by atomic mass is 32.2. The lowest BCUT2D eigenvalue weighted by atomic mass is 9.90. The van der Waals surface area contributed by atoms with E-state index >= 15 is 0 Å². The van der Waals surface area contributed by atoms with Gasteiger partial charge in [-0.3, -0.25) is 0 Å². The zero-order chi connectivity index (χ0) is 13.9. The molecule has 2 rings (SSSR count). The van der Waals surface area contributed by atoms with Crippen LogP contribution in [0.15, 0.2) is 23.0 Å². The predicted octanol–water partition coefficient (Wildman–Crippen LogP) is 1.60. The summed E-state index contributed by atoms with van der Waals surface area (Å²) in [5, 5.41) is 3.28. The Kier molecular flexibility index (Phi) is 4.65. The van der Waals surface area contributed by atoms with Crippen molar-refractivity contribution in [3.63, 3.8) is 0 Å². The molecule has 0 bridgehead atoms. The first-order chi connectivity index (χ1) is 9.00. The van der Waals surface area contributed by atoms with Crippen LogP contribution in [-0.4, -0.2) is 39.1 Å². The molecular weight excluding hydrogens is 264 g/mol. The molecule has 2 atom stereocenters. The highest BCUT2D eigenvalue weighted by molar-refractivity contribution is 7.88. The van der Waals surface area contributed by atoms with Gasteiger partial charge in [0, 0.05) is 24.7 Å². The number of hydrogen-bond donors (Lipinski definition) is 1. The monoisotopic (exact) mass is 286 g/mol. The van der Waals surface area contributed by atoms with Crippen molar-refractivity contribution in [1.82, 2.24) is 9.62 Å². The molecule has 108 valence electrons. The molecule has 0 aliphatic carbocycles. The van der Waals surface area contributed by atoms with E-state index in [0.29, 0.717) is 19.0 Å². The number of piperidine rings is 1. The minimum absolute atomic E-state index is 0.225. The van der Waals surface area contributed by atoms with Crippen LogP contribution in [0.2, 0.25) is 0 Å². The van der Waals surface area contributed by atoms with Gasteiger partial charge in [0.25, 0.3) is 0 Å². The lowest BCUT2D eigenvalue weighted by molar-refractivity contribution is 0.240. The van der Waals surface area contributed by atoms with E-state index in [-0.39, 0.29) is 6.04 Å². The highest BCUT2D eigenvalue weighted by Crippen LogP contribution is 2.28. The van der Waals surface area contributed by atoms with Crippen molar-refractivity contribution in [3.8, 4) is 0 Å². The molecule has 0 amide bonds. The summed E-state index contributed by atoms with van der Waals surface area (Å²) in [6.07, 6.45) is 7.67. The Morgan fingerprint density at radius 1 is 1.58 bits per heavy atom. The molecule has 0 radical (unpaired) electrons. The first-order valence-electron chi connectivity index (χ1n) is 6.65. The number of nitrogens with one attached hydrogen (secondary N) is 1. The third kappa shape index (κ3) is 3.81. The molecule has 0 saturated carbocycles. The molecule has 1 aliphatic rings. The molecule has 5 nitrogen and oxygen atoms in total. The maximum atomic E-state index is 11.6. The Morgan fingerprint density at radius 3 is 2.95 bits per heavy atom. The summed E-state index contributed by atoms with van der Waals surface area (Å²) in [4.78, 5) is 0. The van der Waals surface area contributed by atoms with E-state index in [1.807, 2.05) is 13.1 Å². The summed E-state index contributed by atoms with van der Waals surface area (Å²) >= 11 is 0. The lowest BCUT2D eigenvalue weighted by Gasteiger charge is -2.32. The summed E-state index contributed by atoms with van der Waals surface area (Å²) < 4.78 is 29.9. The molecule has 0 spiro atoms. The van der Waals surface area contributed by atoms with E-state index in [1.165, 1.54) is 6.26 Å². The first kappa shape index (κ1) is 14.6. The van der Waals surface area contributed by atoms with E-state index in [1.54, 1.807) is 16.8 Å². The second-order valence-corrected chi connectivity index (χ2v) is 7.25. The van der Waals surface area contributed by atoms with Crippen LogP contribution >= 0.6 is 0 Å². The molecule has 19 heavy (non-hydrogen) atoms. The van der Waals surface area contributed by atoms with Crippen LogP contribution in [0.5, 0.6) is 0 Å². The van der Waals surface area contributed by atoms with Crippen molar-refractivity contribution in [3.05, 3.63) is 24.2 Å². The molecular formula is C13H22N2O3S. The number of furan rings is 1. The topological polar surface area (TPSA) is 62.6 Å². The fraction of sp³-hybridized carbons (Fsp3) is 0.692. The van der Waals surface area contributed by atoms with Crippen molar-refractivity contribution in [2.24, 2.45) is 5.92 Å². The van der Waals surface area contributed by atoms with Gasteiger partial charge < -0.3 is 9.73 Å². The Balaban J connectivity index is 1.98. The average Bonchev–Trinajstić information content (AvgIpc) is 2.89. The Labute approximate surface area is 115 Å². The van der Waals surface area contributed by atoms with Gasteiger partial charge in [-0.2, -0.15) is 0 Å². The van der Waals surface area contributed by atoms with E-state index in [4.69, 9.17) is 4.42 Å². The van der Waals surface area contributed by atoms with Gasteiger partial charge in [0.05, 0.1) is 18.8 Å². The molecule has 1 N–H and O–H groups in total. The van der Waals surface area contributed by atoms with Crippen molar-refractivity contribution < 1.29 is 12.8 Å². The Morgan fingerprint density at radius 2 is 2.37 bits per heavy atom. The number of sulfonamides is 1. The van der Waals surface area contributed by atoms with Gasteiger partial charge in [0.1, 0.15) is 0 Å². The van der Waals surface area contributed by atoms with Crippen LogP contribution in [0.4, 0.5) is 0 Å². The molecule has 2 unspecified atom stereocenters. The zero-order valence-corrected chi connectivity index (χ0v) is 12.3. The number of rotatable bonds is 5. The predicted molar refractivity (Wildman–Crippen MR) is 74.3 cm³/mol. The van der Waals surface area contributed by atoms with Gasteiger partial charge in [0.2, 0.25) is 10.0 Å². The zero-order valence-electron chi connectivity index (χ0n) is 11.5. The normalized spacial score (nSPS) is 23.4. The fourth-order valence-electron chi connectivity index (χ4n) is 2.75. The minimum atomic E-state index is -3.06. The minimum Gasteiger partial charge on any atom is -0.472 e. The Hall–Kier alpha value is -0.850. The molecule has 2 heterocycles. The van der Waals surface area contributed by atoms with E-state index in [0.717, 1.165) is 24.8 Å². The van der Waals surface area contributed by atoms with Gasteiger partial charge in [-0.25, -0.2) is 12.7 Å². The van der Waals surface area contributed by atoms with E-state index in [9.17, 15) is 8.42 Å². The summed E-state index contributed by atoms with van der Waals surface area (Å²) in [5.74, 6) is 0.399. The molecule has 1 fully saturated rings. The van der Waals surface area contributed by atoms with Crippen LogP contribution in [0.1, 0.15) is 30.9 Å². The summed E-state index contributed by atoms with van der Waals surface area (Å²) in [7, 11) is -1.14. The highest BCUT2D eigenvalue weighted by Gasteiger charge is 2.27. The molecule has 1 aromatic rings. The van der Waals surface area contributed by atoms with E-state index < -0.39 is 10.0 Å². The number of nitrogens with zero attached hydrogens (tertiary/aromatic N) is 1. The third-order valence-corrected chi connectivity index (χ3v) is 5.08. The van der Waals surface area contributed by atoms with Gasteiger partial charge in [-0.15, -0.1) is 0 Å². The van der Waals surface area contributed by atoms with E-state index in [2.05, 4.69) is 5.32 Å². The maximum absolute atomic E-state index is 11.6.